The lowest BCUT2D eigenvalue weighted by Gasteiger charge is -2.33. The highest BCUT2D eigenvalue weighted by Crippen LogP contribution is 2.32. The summed E-state index contributed by atoms with van der Waals surface area (Å²) in [5.41, 5.74) is 6.36. The number of piperidine rings is 1. The molecule has 2 aliphatic heterocycles. The Kier molecular flexibility index (Phi) is 6.86. The Balaban J connectivity index is 1.33. The van der Waals surface area contributed by atoms with Crippen LogP contribution in [0.4, 0.5) is 5.69 Å². The van der Waals surface area contributed by atoms with Crippen molar-refractivity contribution in [1.29, 1.82) is 0 Å². The third-order valence-corrected chi connectivity index (χ3v) is 7.57. The van der Waals surface area contributed by atoms with E-state index in [0.29, 0.717) is 18.3 Å². The van der Waals surface area contributed by atoms with E-state index in [2.05, 4.69) is 52.8 Å². The molecule has 0 saturated carbocycles. The Morgan fingerprint density at radius 1 is 1.14 bits per heavy atom. The molecule has 2 aromatic carbocycles. The van der Waals surface area contributed by atoms with E-state index in [1.807, 2.05) is 24.9 Å². The summed E-state index contributed by atoms with van der Waals surface area (Å²) in [7, 11) is 1.94. The molecule has 2 aliphatic rings. The first-order valence-electron chi connectivity index (χ1n) is 12.8. The number of aromatic nitrogens is 3. The Hall–Kier alpha value is -3.19. The van der Waals surface area contributed by atoms with Crippen LogP contribution in [0.15, 0.2) is 36.4 Å². The maximum absolute atomic E-state index is 13.6. The molecule has 0 bridgehead atoms. The first-order valence-corrected chi connectivity index (χ1v) is 12.8. The second-order valence-corrected chi connectivity index (χ2v) is 9.72. The van der Waals surface area contributed by atoms with Gasteiger partial charge >= 0.3 is 0 Å². The monoisotopic (exact) mass is 473 g/mol. The van der Waals surface area contributed by atoms with Gasteiger partial charge in [-0.15, -0.1) is 0 Å². The molecule has 3 heterocycles. The minimum atomic E-state index is 0.107. The summed E-state index contributed by atoms with van der Waals surface area (Å²) in [4.78, 5) is 20.4. The van der Waals surface area contributed by atoms with E-state index >= 15 is 0 Å². The quantitative estimate of drug-likeness (QED) is 0.532. The molecule has 5 rings (SSSR count). The van der Waals surface area contributed by atoms with E-state index in [1.54, 1.807) is 0 Å². The summed E-state index contributed by atoms with van der Waals surface area (Å²) in [5.74, 6) is 2.41. The molecule has 184 valence electrons. The SMILES string of the molecule is CCc1cc(C)c(C(=O)N2CCC(c3ccc(NC)cc3)CC2)cc1-c1n[nH]c(C2CCOC2)n1. The van der Waals surface area contributed by atoms with Gasteiger partial charge in [0.05, 0.1) is 6.61 Å². The Morgan fingerprint density at radius 2 is 1.91 bits per heavy atom. The summed E-state index contributed by atoms with van der Waals surface area (Å²) in [5, 5.41) is 10.8. The summed E-state index contributed by atoms with van der Waals surface area (Å²) in [6.07, 6.45) is 3.79. The highest BCUT2D eigenvalue weighted by Gasteiger charge is 2.27. The molecule has 1 amide bonds. The topological polar surface area (TPSA) is 83.1 Å². The molecule has 2 fully saturated rings. The molecule has 2 saturated heterocycles. The second-order valence-electron chi connectivity index (χ2n) is 9.72. The zero-order valence-corrected chi connectivity index (χ0v) is 20.9. The first-order chi connectivity index (χ1) is 17.1. The van der Waals surface area contributed by atoms with Gasteiger partial charge in [0.1, 0.15) is 5.82 Å². The number of hydrogen-bond donors (Lipinski definition) is 2. The van der Waals surface area contributed by atoms with Crippen molar-refractivity contribution >= 4 is 11.6 Å². The van der Waals surface area contributed by atoms with E-state index < -0.39 is 0 Å². The van der Waals surface area contributed by atoms with Crippen LogP contribution in [-0.2, 0) is 11.2 Å². The van der Waals surface area contributed by atoms with Crippen LogP contribution in [0.3, 0.4) is 0 Å². The van der Waals surface area contributed by atoms with Crippen molar-refractivity contribution < 1.29 is 9.53 Å². The van der Waals surface area contributed by atoms with Gasteiger partial charge in [0.25, 0.3) is 5.91 Å². The van der Waals surface area contributed by atoms with Crippen molar-refractivity contribution in [3.8, 4) is 11.4 Å². The fraction of sp³-hybridized carbons (Fsp3) is 0.464. The summed E-state index contributed by atoms with van der Waals surface area (Å²) in [6.45, 7) is 7.16. The van der Waals surface area contributed by atoms with E-state index in [4.69, 9.17) is 9.72 Å². The third kappa shape index (κ3) is 4.82. The van der Waals surface area contributed by atoms with E-state index in [9.17, 15) is 4.79 Å². The lowest BCUT2D eigenvalue weighted by molar-refractivity contribution is 0.0712. The van der Waals surface area contributed by atoms with Crippen LogP contribution in [-0.4, -0.2) is 59.3 Å². The molecular weight excluding hydrogens is 438 g/mol. The number of nitrogens with one attached hydrogen (secondary N) is 2. The number of anilines is 1. The number of ether oxygens (including phenoxy) is 1. The lowest BCUT2D eigenvalue weighted by Crippen LogP contribution is -2.38. The second kappa shape index (κ2) is 10.2. The third-order valence-electron chi connectivity index (χ3n) is 7.57. The van der Waals surface area contributed by atoms with Gasteiger partial charge in [-0.1, -0.05) is 25.1 Å². The predicted molar refractivity (Wildman–Crippen MR) is 138 cm³/mol. The number of nitrogens with zero attached hydrogens (tertiary/aromatic N) is 3. The molecule has 1 aromatic heterocycles. The zero-order valence-electron chi connectivity index (χ0n) is 20.9. The highest BCUT2D eigenvalue weighted by atomic mass is 16.5. The molecule has 7 heteroatoms. The van der Waals surface area contributed by atoms with Gasteiger partial charge in [-0.25, -0.2) is 4.98 Å². The molecule has 1 atom stereocenters. The Bertz CT molecular complexity index is 1170. The smallest absolute Gasteiger partial charge is 0.254 e. The summed E-state index contributed by atoms with van der Waals surface area (Å²) in [6, 6.07) is 12.8. The molecule has 0 spiro atoms. The number of carbonyl (C=O) groups excluding carboxylic acids is 1. The number of rotatable bonds is 6. The fourth-order valence-corrected chi connectivity index (χ4v) is 5.33. The fourth-order valence-electron chi connectivity index (χ4n) is 5.33. The van der Waals surface area contributed by atoms with E-state index in [-0.39, 0.29) is 11.8 Å². The van der Waals surface area contributed by atoms with Gasteiger partial charge in [0, 0.05) is 49.5 Å². The van der Waals surface area contributed by atoms with Gasteiger partial charge in [-0.05, 0) is 73.4 Å². The van der Waals surface area contributed by atoms with E-state index in [1.165, 1.54) is 5.56 Å². The minimum Gasteiger partial charge on any atom is -0.388 e. The van der Waals surface area contributed by atoms with Crippen LogP contribution >= 0.6 is 0 Å². The average molecular weight is 474 g/mol. The minimum absolute atomic E-state index is 0.107. The van der Waals surface area contributed by atoms with Crippen molar-refractivity contribution in [3.05, 3.63) is 64.5 Å². The average Bonchev–Trinajstić information content (AvgIpc) is 3.61. The number of H-pyrrole nitrogens is 1. The molecule has 0 radical (unpaired) electrons. The molecule has 1 unspecified atom stereocenters. The largest absolute Gasteiger partial charge is 0.388 e. The lowest BCUT2D eigenvalue weighted by atomic mass is 9.88. The van der Waals surface area contributed by atoms with Crippen LogP contribution in [0.2, 0.25) is 0 Å². The Morgan fingerprint density at radius 3 is 2.57 bits per heavy atom. The van der Waals surface area contributed by atoms with Crippen LogP contribution in [0.1, 0.15) is 70.9 Å². The van der Waals surface area contributed by atoms with Crippen molar-refractivity contribution in [1.82, 2.24) is 20.1 Å². The standard InChI is InChI=1S/C28H35N5O2/c1-4-19-15-18(2)24(16-25(19)27-30-26(31-32-27)22-11-14-35-17-22)28(34)33-12-9-21(10-13-33)20-5-7-23(29-3)8-6-20/h5-8,15-16,21-22,29H,4,9-14,17H2,1-3H3,(H,30,31,32). The predicted octanol–water partition coefficient (Wildman–Crippen LogP) is 4.91. The van der Waals surface area contributed by atoms with Gasteiger partial charge in [0.2, 0.25) is 0 Å². The maximum Gasteiger partial charge on any atom is 0.254 e. The van der Waals surface area contributed by atoms with Gasteiger partial charge in [-0.3, -0.25) is 9.89 Å². The van der Waals surface area contributed by atoms with Gasteiger partial charge < -0.3 is 15.0 Å². The number of amides is 1. The van der Waals surface area contributed by atoms with Crippen molar-refractivity contribution in [2.45, 2.75) is 51.4 Å². The zero-order chi connectivity index (χ0) is 24.4. The van der Waals surface area contributed by atoms with Gasteiger partial charge in [-0.2, -0.15) is 5.10 Å². The van der Waals surface area contributed by atoms with Crippen molar-refractivity contribution in [2.24, 2.45) is 0 Å². The van der Waals surface area contributed by atoms with Crippen molar-refractivity contribution in [2.75, 3.05) is 38.7 Å². The van der Waals surface area contributed by atoms with Gasteiger partial charge in [0.15, 0.2) is 5.82 Å². The molecule has 3 aromatic rings. The molecule has 2 N–H and O–H groups in total. The maximum atomic E-state index is 13.6. The number of carbonyl (C=O) groups is 1. The van der Waals surface area contributed by atoms with Crippen LogP contribution in [0.25, 0.3) is 11.4 Å². The number of likely N-dealkylation sites (tertiary alicyclic amines) is 1. The van der Waals surface area contributed by atoms with Crippen LogP contribution in [0, 0.1) is 6.92 Å². The van der Waals surface area contributed by atoms with Crippen LogP contribution < -0.4 is 5.32 Å². The van der Waals surface area contributed by atoms with Crippen LogP contribution in [0.5, 0.6) is 0 Å². The molecule has 7 nitrogen and oxygen atoms in total. The van der Waals surface area contributed by atoms with Crippen molar-refractivity contribution in [3.63, 3.8) is 0 Å². The number of aryl methyl sites for hydroxylation is 2. The molecular formula is C28H35N5O2. The Labute approximate surface area is 207 Å². The number of benzene rings is 2. The number of hydrogen-bond acceptors (Lipinski definition) is 5. The number of aromatic amines is 1. The molecule has 0 aliphatic carbocycles. The highest BCUT2D eigenvalue weighted by molar-refractivity contribution is 5.97. The van der Waals surface area contributed by atoms with E-state index in [0.717, 1.165) is 79.1 Å². The normalized spacial score (nSPS) is 18.7. The summed E-state index contributed by atoms with van der Waals surface area (Å²) < 4.78 is 5.51. The first kappa shape index (κ1) is 23.5. The molecule has 35 heavy (non-hydrogen) atoms. The summed E-state index contributed by atoms with van der Waals surface area (Å²) >= 11 is 0.